The summed E-state index contributed by atoms with van der Waals surface area (Å²) >= 11 is 0. The molecular formula is C17H19FN2O3. The normalized spacial score (nSPS) is 18.0. The van der Waals surface area contributed by atoms with E-state index in [1.165, 1.54) is 30.5 Å². The van der Waals surface area contributed by atoms with Crippen molar-refractivity contribution in [2.75, 3.05) is 13.1 Å². The van der Waals surface area contributed by atoms with Gasteiger partial charge >= 0.3 is 0 Å². The Bertz CT molecular complexity index is 669. The Balaban J connectivity index is 1.59. The van der Waals surface area contributed by atoms with Crippen molar-refractivity contribution in [3.05, 3.63) is 47.9 Å². The van der Waals surface area contributed by atoms with Crippen molar-refractivity contribution < 1.29 is 18.3 Å². The summed E-state index contributed by atoms with van der Waals surface area (Å²) in [5.74, 6) is 0.927. The van der Waals surface area contributed by atoms with Crippen molar-refractivity contribution in [1.82, 2.24) is 9.88 Å². The summed E-state index contributed by atoms with van der Waals surface area (Å²) in [6.07, 6.45) is 3.54. The topological polar surface area (TPSA) is 55.6 Å². The molecule has 0 N–H and O–H groups in total. The number of rotatable bonds is 4. The van der Waals surface area contributed by atoms with E-state index in [1.807, 2.05) is 4.90 Å². The average Bonchev–Trinajstić information content (AvgIpc) is 3.02. The lowest BCUT2D eigenvalue weighted by Gasteiger charge is -2.30. The summed E-state index contributed by atoms with van der Waals surface area (Å²) in [5.41, 5.74) is 0.303. The molecule has 1 aliphatic rings. The summed E-state index contributed by atoms with van der Waals surface area (Å²) in [6.45, 7) is 3.75. The monoisotopic (exact) mass is 318 g/mol. The van der Waals surface area contributed by atoms with Crippen LogP contribution >= 0.6 is 0 Å². The standard InChI is InChI=1S/C17H19FN2O3/c1-12-3-2-8-20(9-12)17(21)15-10-23-16(19-15)11-22-14-6-4-13(18)5-7-14/h4-7,10,12H,2-3,8-9,11H2,1H3/t12-/m0/s1. The van der Waals surface area contributed by atoms with Crippen molar-refractivity contribution in [3.63, 3.8) is 0 Å². The van der Waals surface area contributed by atoms with Gasteiger partial charge in [0, 0.05) is 13.1 Å². The Morgan fingerprint density at radius 2 is 2.22 bits per heavy atom. The number of aromatic nitrogens is 1. The molecule has 23 heavy (non-hydrogen) atoms. The average molecular weight is 318 g/mol. The van der Waals surface area contributed by atoms with E-state index in [4.69, 9.17) is 9.15 Å². The van der Waals surface area contributed by atoms with Gasteiger partial charge in [-0.2, -0.15) is 0 Å². The molecule has 5 nitrogen and oxygen atoms in total. The van der Waals surface area contributed by atoms with Gasteiger partial charge in [-0.05, 0) is 43.0 Å². The maximum atomic E-state index is 12.8. The predicted octanol–water partition coefficient (Wildman–Crippen LogP) is 3.26. The lowest BCUT2D eigenvalue weighted by atomic mass is 10.0. The van der Waals surface area contributed by atoms with Crippen LogP contribution in [0.2, 0.25) is 0 Å². The zero-order chi connectivity index (χ0) is 16.2. The highest BCUT2D eigenvalue weighted by molar-refractivity contribution is 5.92. The number of ether oxygens (including phenoxy) is 1. The summed E-state index contributed by atoms with van der Waals surface area (Å²) < 4.78 is 23.6. The van der Waals surface area contributed by atoms with Gasteiger partial charge in [0.25, 0.3) is 5.91 Å². The van der Waals surface area contributed by atoms with Crippen LogP contribution in [0.4, 0.5) is 4.39 Å². The number of piperidine rings is 1. The van der Waals surface area contributed by atoms with E-state index in [9.17, 15) is 9.18 Å². The molecule has 0 bridgehead atoms. The van der Waals surface area contributed by atoms with Gasteiger partial charge in [-0.3, -0.25) is 4.79 Å². The Morgan fingerprint density at radius 3 is 2.96 bits per heavy atom. The molecule has 3 rings (SSSR count). The fourth-order valence-electron chi connectivity index (χ4n) is 2.69. The zero-order valence-corrected chi connectivity index (χ0v) is 13.0. The molecule has 1 saturated heterocycles. The first-order chi connectivity index (χ1) is 11.1. The minimum Gasteiger partial charge on any atom is -0.484 e. The second-order valence-corrected chi connectivity index (χ2v) is 5.87. The molecule has 0 aliphatic carbocycles. The molecule has 0 saturated carbocycles. The van der Waals surface area contributed by atoms with E-state index in [0.29, 0.717) is 23.3 Å². The van der Waals surface area contributed by atoms with Crippen LogP contribution in [0.15, 0.2) is 34.9 Å². The van der Waals surface area contributed by atoms with Crippen LogP contribution in [0, 0.1) is 11.7 Å². The number of carbonyl (C=O) groups is 1. The molecule has 1 aromatic heterocycles. The Hall–Kier alpha value is -2.37. The van der Waals surface area contributed by atoms with Crippen LogP contribution in [0.5, 0.6) is 5.75 Å². The van der Waals surface area contributed by atoms with Crippen molar-refractivity contribution >= 4 is 5.91 Å². The number of halogens is 1. The van der Waals surface area contributed by atoms with Crippen LogP contribution in [-0.4, -0.2) is 28.9 Å². The zero-order valence-electron chi connectivity index (χ0n) is 13.0. The summed E-state index contributed by atoms with van der Waals surface area (Å²) in [6, 6.07) is 5.69. The maximum absolute atomic E-state index is 12.8. The van der Waals surface area contributed by atoms with Gasteiger partial charge in [-0.25, -0.2) is 9.37 Å². The molecule has 122 valence electrons. The van der Waals surface area contributed by atoms with Gasteiger partial charge in [-0.15, -0.1) is 0 Å². The molecule has 1 fully saturated rings. The fraction of sp³-hybridized carbons (Fsp3) is 0.412. The molecule has 1 atom stereocenters. The van der Waals surface area contributed by atoms with Gasteiger partial charge in [0.05, 0.1) is 0 Å². The molecule has 2 aromatic rings. The predicted molar refractivity (Wildman–Crippen MR) is 81.5 cm³/mol. The van der Waals surface area contributed by atoms with E-state index < -0.39 is 0 Å². The first-order valence-corrected chi connectivity index (χ1v) is 7.74. The van der Waals surface area contributed by atoms with E-state index in [1.54, 1.807) is 0 Å². The van der Waals surface area contributed by atoms with E-state index >= 15 is 0 Å². The largest absolute Gasteiger partial charge is 0.484 e. The molecule has 2 heterocycles. The molecule has 6 heteroatoms. The Kier molecular flexibility index (Phi) is 4.60. The van der Waals surface area contributed by atoms with Crippen LogP contribution in [0.1, 0.15) is 36.1 Å². The van der Waals surface area contributed by atoms with Crippen molar-refractivity contribution in [2.24, 2.45) is 5.92 Å². The lowest BCUT2D eigenvalue weighted by Crippen LogP contribution is -2.39. The van der Waals surface area contributed by atoms with Crippen LogP contribution in [0.3, 0.4) is 0 Å². The number of oxazole rings is 1. The summed E-state index contributed by atoms with van der Waals surface area (Å²) in [4.78, 5) is 18.4. The highest BCUT2D eigenvalue weighted by atomic mass is 19.1. The summed E-state index contributed by atoms with van der Waals surface area (Å²) in [7, 11) is 0. The third-order valence-electron chi connectivity index (χ3n) is 3.89. The van der Waals surface area contributed by atoms with Crippen molar-refractivity contribution in [2.45, 2.75) is 26.4 Å². The quantitative estimate of drug-likeness (QED) is 0.868. The number of benzene rings is 1. The summed E-state index contributed by atoms with van der Waals surface area (Å²) in [5, 5.41) is 0. The molecule has 1 amide bonds. The molecule has 0 spiro atoms. The lowest BCUT2D eigenvalue weighted by molar-refractivity contribution is 0.0677. The SMILES string of the molecule is C[C@H]1CCCN(C(=O)c2coc(COc3ccc(F)cc3)n2)C1. The minimum absolute atomic E-state index is 0.0926. The molecule has 1 aliphatic heterocycles. The third-order valence-corrected chi connectivity index (χ3v) is 3.89. The van der Waals surface area contributed by atoms with E-state index in [-0.39, 0.29) is 18.3 Å². The minimum atomic E-state index is -0.322. The van der Waals surface area contributed by atoms with Crippen molar-refractivity contribution in [3.8, 4) is 5.75 Å². The molecule has 1 aromatic carbocycles. The number of hydrogen-bond acceptors (Lipinski definition) is 4. The van der Waals surface area contributed by atoms with Gasteiger partial charge in [0.15, 0.2) is 12.3 Å². The number of amides is 1. The van der Waals surface area contributed by atoms with E-state index in [0.717, 1.165) is 25.9 Å². The second-order valence-electron chi connectivity index (χ2n) is 5.87. The number of hydrogen-bond donors (Lipinski definition) is 0. The van der Waals surface area contributed by atoms with Crippen LogP contribution < -0.4 is 4.74 Å². The number of carbonyl (C=O) groups excluding carboxylic acids is 1. The highest BCUT2D eigenvalue weighted by Crippen LogP contribution is 2.18. The van der Waals surface area contributed by atoms with Gasteiger partial charge in [0.1, 0.15) is 17.8 Å². The first-order valence-electron chi connectivity index (χ1n) is 7.74. The van der Waals surface area contributed by atoms with E-state index in [2.05, 4.69) is 11.9 Å². The smallest absolute Gasteiger partial charge is 0.275 e. The maximum Gasteiger partial charge on any atom is 0.275 e. The highest BCUT2D eigenvalue weighted by Gasteiger charge is 2.24. The molecule has 0 unspecified atom stereocenters. The van der Waals surface area contributed by atoms with Gasteiger partial charge < -0.3 is 14.1 Å². The van der Waals surface area contributed by atoms with Crippen LogP contribution in [-0.2, 0) is 6.61 Å². The first kappa shape index (κ1) is 15.5. The Morgan fingerprint density at radius 1 is 1.43 bits per heavy atom. The number of nitrogens with zero attached hydrogens (tertiary/aromatic N) is 2. The Labute approximate surface area is 134 Å². The van der Waals surface area contributed by atoms with Crippen LogP contribution in [0.25, 0.3) is 0 Å². The van der Waals surface area contributed by atoms with Gasteiger partial charge in [-0.1, -0.05) is 6.92 Å². The third kappa shape index (κ3) is 3.88. The fourth-order valence-corrected chi connectivity index (χ4v) is 2.69. The molecular weight excluding hydrogens is 299 g/mol. The van der Waals surface area contributed by atoms with Gasteiger partial charge in [0.2, 0.25) is 5.89 Å². The molecule has 0 radical (unpaired) electrons. The second kappa shape index (κ2) is 6.81. The number of likely N-dealkylation sites (tertiary alicyclic amines) is 1. The van der Waals surface area contributed by atoms with Crippen molar-refractivity contribution in [1.29, 1.82) is 0 Å².